The van der Waals surface area contributed by atoms with Crippen molar-refractivity contribution in [2.75, 3.05) is 18.5 Å². The van der Waals surface area contributed by atoms with Crippen LogP contribution in [-0.2, 0) is 0 Å². The SMILES string of the molecule is Cc1nc(-n2c(C)ccc2C)nc(NN2CCCC2)c1Br. The third-order valence-electron chi connectivity index (χ3n) is 3.85. The lowest BCUT2D eigenvalue weighted by Crippen LogP contribution is -2.27. The van der Waals surface area contributed by atoms with Crippen LogP contribution in [0.1, 0.15) is 29.9 Å². The summed E-state index contributed by atoms with van der Waals surface area (Å²) < 4.78 is 3.01. The first-order chi connectivity index (χ1) is 10.1. The molecule has 0 aliphatic carbocycles. The van der Waals surface area contributed by atoms with Gasteiger partial charge in [0.25, 0.3) is 0 Å². The topological polar surface area (TPSA) is 46.0 Å². The number of nitrogens with zero attached hydrogens (tertiary/aromatic N) is 4. The van der Waals surface area contributed by atoms with Gasteiger partial charge in [-0.25, -0.2) is 9.99 Å². The highest BCUT2D eigenvalue weighted by Crippen LogP contribution is 2.26. The summed E-state index contributed by atoms with van der Waals surface area (Å²) in [5.41, 5.74) is 6.63. The van der Waals surface area contributed by atoms with Crippen molar-refractivity contribution < 1.29 is 0 Å². The van der Waals surface area contributed by atoms with Crippen molar-refractivity contribution in [3.05, 3.63) is 33.7 Å². The van der Waals surface area contributed by atoms with Gasteiger partial charge in [0.1, 0.15) is 0 Å². The van der Waals surface area contributed by atoms with E-state index in [2.05, 4.69) is 61.9 Å². The second kappa shape index (κ2) is 5.77. The lowest BCUT2D eigenvalue weighted by atomic mass is 10.4. The molecule has 0 atom stereocenters. The van der Waals surface area contributed by atoms with Crippen molar-refractivity contribution in [1.82, 2.24) is 19.5 Å². The third kappa shape index (κ3) is 2.82. The Morgan fingerprint density at radius 3 is 2.29 bits per heavy atom. The minimum absolute atomic E-state index is 0.720. The first-order valence-corrected chi connectivity index (χ1v) is 8.06. The lowest BCUT2D eigenvalue weighted by molar-refractivity contribution is 0.407. The van der Waals surface area contributed by atoms with E-state index in [9.17, 15) is 0 Å². The highest BCUT2D eigenvalue weighted by atomic mass is 79.9. The van der Waals surface area contributed by atoms with Gasteiger partial charge in [-0.3, -0.25) is 4.57 Å². The Kier molecular flexibility index (Phi) is 3.99. The highest BCUT2D eigenvalue weighted by molar-refractivity contribution is 9.10. The van der Waals surface area contributed by atoms with E-state index in [-0.39, 0.29) is 0 Å². The molecule has 3 rings (SSSR count). The van der Waals surface area contributed by atoms with Crippen LogP contribution in [0.15, 0.2) is 16.6 Å². The average Bonchev–Trinajstić information content (AvgIpc) is 3.05. The van der Waals surface area contributed by atoms with Gasteiger partial charge in [-0.15, -0.1) is 0 Å². The predicted octanol–water partition coefficient (Wildman–Crippen LogP) is 3.38. The fourth-order valence-electron chi connectivity index (χ4n) is 2.68. The molecule has 0 radical (unpaired) electrons. The molecule has 2 aromatic rings. The van der Waals surface area contributed by atoms with Gasteiger partial charge >= 0.3 is 0 Å². The van der Waals surface area contributed by atoms with Gasteiger partial charge in [-0.1, -0.05) is 0 Å². The van der Waals surface area contributed by atoms with Crippen LogP contribution in [0.25, 0.3) is 5.95 Å². The van der Waals surface area contributed by atoms with Crippen molar-refractivity contribution in [2.24, 2.45) is 0 Å². The maximum absolute atomic E-state index is 4.71. The van der Waals surface area contributed by atoms with Gasteiger partial charge in [0.15, 0.2) is 5.82 Å². The molecule has 6 heteroatoms. The Balaban J connectivity index is 2.01. The van der Waals surface area contributed by atoms with Crippen molar-refractivity contribution in [2.45, 2.75) is 33.6 Å². The van der Waals surface area contributed by atoms with Gasteiger partial charge in [-0.05, 0) is 61.7 Å². The predicted molar refractivity (Wildman–Crippen MR) is 87.7 cm³/mol. The Hall–Kier alpha value is -1.40. The van der Waals surface area contributed by atoms with Crippen molar-refractivity contribution in [3.8, 4) is 5.95 Å². The Bertz CT molecular complexity index is 639. The van der Waals surface area contributed by atoms with Gasteiger partial charge in [0.2, 0.25) is 5.95 Å². The molecule has 0 amide bonds. The smallest absolute Gasteiger partial charge is 0.236 e. The molecule has 0 aromatic carbocycles. The van der Waals surface area contributed by atoms with Crippen LogP contribution in [0.5, 0.6) is 0 Å². The van der Waals surface area contributed by atoms with E-state index in [1.165, 1.54) is 12.8 Å². The number of hydrogen-bond acceptors (Lipinski definition) is 4. The average molecular weight is 350 g/mol. The van der Waals surface area contributed by atoms with Gasteiger partial charge in [0, 0.05) is 24.5 Å². The number of hydrazine groups is 1. The number of nitrogens with one attached hydrogen (secondary N) is 1. The molecule has 0 saturated carbocycles. The lowest BCUT2D eigenvalue weighted by Gasteiger charge is -2.19. The summed E-state index contributed by atoms with van der Waals surface area (Å²) in [6.45, 7) is 8.26. The number of aromatic nitrogens is 3. The molecule has 112 valence electrons. The zero-order valence-electron chi connectivity index (χ0n) is 12.6. The molecular weight excluding hydrogens is 330 g/mol. The van der Waals surface area contributed by atoms with Crippen LogP contribution in [0.2, 0.25) is 0 Å². The van der Waals surface area contributed by atoms with E-state index < -0.39 is 0 Å². The molecule has 2 aromatic heterocycles. The van der Waals surface area contributed by atoms with Crippen LogP contribution in [0, 0.1) is 20.8 Å². The standard InChI is InChI=1S/C15H20BrN5/c1-10-6-7-11(2)21(10)15-17-12(3)13(16)14(18-15)19-20-8-4-5-9-20/h6-7H,4-5,8-9H2,1-3H3,(H,17,18,19). The van der Waals surface area contributed by atoms with Gasteiger partial charge in [0.05, 0.1) is 10.2 Å². The minimum Gasteiger partial charge on any atom is -0.302 e. The highest BCUT2D eigenvalue weighted by Gasteiger charge is 2.17. The van der Waals surface area contributed by atoms with Crippen LogP contribution >= 0.6 is 15.9 Å². The van der Waals surface area contributed by atoms with Crippen molar-refractivity contribution in [3.63, 3.8) is 0 Å². The van der Waals surface area contributed by atoms with Crippen molar-refractivity contribution in [1.29, 1.82) is 0 Å². The van der Waals surface area contributed by atoms with Crippen LogP contribution in [0.4, 0.5) is 5.82 Å². The number of hydrogen-bond donors (Lipinski definition) is 1. The van der Waals surface area contributed by atoms with Crippen LogP contribution < -0.4 is 5.43 Å². The summed E-state index contributed by atoms with van der Waals surface area (Å²) in [5, 5.41) is 2.21. The number of rotatable bonds is 3. The first kappa shape index (κ1) is 14.5. The molecule has 1 saturated heterocycles. The Morgan fingerprint density at radius 1 is 1.05 bits per heavy atom. The molecule has 1 fully saturated rings. The van der Waals surface area contributed by atoms with E-state index in [1.54, 1.807) is 0 Å². The largest absolute Gasteiger partial charge is 0.302 e. The monoisotopic (exact) mass is 349 g/mol. The molecule has 21 heavy (non-hydrogen) atoms. The van der Waals surface area contributed by atoms with Crippen molar-refractivity contribution >= 4 is 21.7 Å². The summed E-state index contributed by atoms with van der Waals surface area (Å²) in [6.07, 6.45) is 2.47. The van der Waals surface area contributed by atoms with Crippen LogP contribution in [-0.4, -0.2) is 32.6 Å². The van der Waals surface area contributed by atoms with Crippen LogP contribution in [0.3, 0.4) is 0 Å². The van der Waals surface area contributed by atoms with E-state index in [4.69, 9.17) is 4.98 Å². The van der Waals surface area contributed by atoms with E-state index in [0.717, 1.165) is 46.4 Å². The fraction of sp³-hybridized carbons (Fsp3) is 0.467. The molecule has 1 aliphatic rings. The quantitative estimate of drug-likeness (QED) is 0.922. The summed E-state index contributed by atoms with van der Waals surface area (Å²) in [6, 6.07) is 4.17. The molecule has 1 N–H and O–H groups in total. The zero-order chi connectivity index (χ0) is 15.0. The zero-order valence-corrected chi connectivity index (χ0v) is 14.2. The minimum atomic E-state index is 0.720. The molecule has 3 heterocycles. The molecule has 0 spiro atoms. The summed E-state index contributed by atoms with van der Waals surface area (Å²) in [7, 11) is 0. The summed E-state index contributed by atoms with van der Waals surface area (Å²) in [4.78, 5) is 9.33. The third-order valence-corrected chi connectivity index (χ3v) is 4.80. The second-order valence-electron chi connectivity index (χ2n) is 5.53. The maximum atomic E-state index is 4.71. The summed E-state index contributed by atoms with van der Waals surface area (Å²) in [5.74, 6) is 1.56. The molecule has 0 bridgehead atoms. The fourth-order valence-corrected chi connectivity index (χ4v) is 2.95. The summed E-state index contributed by atoms with van der Waals surface area (Å²) >= 11 is 3.60. The maximum Gasteiger partial charge on any atom is 0.236 e. The second-order valence-corrected chi connectivity index (χ2v) is 6.32. The van der Waals surface area contributed by atoms with Gasteiger partial charge in [-0.2, -0.15) is 4.98 Å². The molecule has 1 aliphatic heterocycles. The molecular formula is C15H20BrN5. The Morgan fingerprint density at radius 2 is 1.67 bits per heavy atom. The number of anilines is 1. The number of aryl methyl sites for hydroxylation is 3. The van der Waals surface area contributed by atoms with E-state index in [1.807, 2.05) is 6.92 Å². The van der Waals surface area contributed by atoms with Gasteiger partial charge < -0.3 is 5.43 Å². The first-order valence-electron chi connectivity index (χ1n) is 7.27. The molecule has 0 unspecified atom stereocenters. The number of halogens is 1. The Labute approximate surface area is 133 Å². The molecule has 5 nitrogen and oxygen atoms in total. The van der Waals surface area contributed by atoms with E-state index >= 15 is 0 Å². The van der Waals surface area contributed by atoms with E-state index in [0.29, 0.717) is 0 Å². The normalized spacial score (nSPS) is 15.6.